The lowest BCUT2D eigenvalue weighted by atomic mass is 10.1. The van der Waals surface area contributed by atoms with Crippen LogP contribution in [0, 0.1) is 0 Å². The number of benzene rings is 2. The van der Waals surface area contributed by atoms with Crippen molar-refractivity contribution < 1.29 is 9.53 Å². The van der Waals surface area contributed by atoms with Gasteiger partial charge in [0.15, 0.2) is 5.69 Å². The minimum Gasteiger partial charge on any atom is -0.497 e. The summed E-state index contributed by atoms with van der Waals surface area (Å²) in [7, 11) is 3.52. The molecule has 0 aliphatic carbocycles. The second-order valence-corrected chi connectivity index (χ2v) is 6.19. The SMILES string of the molecule is COc1ccc(C(NC(=O)c2n[nH]c3ccccc23)c2nccn2C)cc1. The van der Waals surface area contributed by atoms with Crippen LogP contribution in [-0.4, -0.2) is 32.8 Å². The lowest BCUT2D eigenvalue weighted by molar-refractivity contribution is 0.0937. The number of hydrogen-bond acceptors (Lipinski definition) is 4. The van der Waals surface area contributed by atoms with Crippen LogP contribution in [0.3, 0.4) is 0 Å². The number of amides is 1. The van der Waals surface area contributed by atoms with Gasteiger partial charge in [-0.2, -0.15) is 5.10 Å². The summed E-state index contributed by atoms with van der Waals surface area (Å²) in [5.74, 6) is 1.21. The molecule has 0 spiro atoms. The summed E-state index contributed by atoms with van der Waals surface area (Å²) in [5.41, 5.74) is 2.08. The van der Waals surface area contributed by atoms with Gasteiger partial charge in [-0.1, -0.05) is 30.3 Å². The number of aryl methyl sites for hydroxylation is 1. The first-order valence-electron chi connectivity index (χ1n) is 8.52. The van der Waals surface area contributed by atoms with Gasteiger partial charge in [0.1, 0.15) is 17.6 Å². The molecule has 136 valence electrons. The second-order valence-electron chi connectivity index (χ2n) is 6.19. The predicted molar refractivity (Wildman–Crippen MR) is 102 cm³/mol. The quantitative estimate of drug-likeness (QED) is 0.572. The summed E-state index contributed by atoms with van der Waals surface area (Å²) in [5, 5.41) is 10.9. The van der Waals surface area contributed by atoms with E-state index in [0.717, 1.165) is 28.0 Å². The summed E-state index contributed by atoms with van der Waals surface area (Å²) in [6.07, 6.45) is 3.56. The van der Waals surface area contributed by atoms with E-state index in [1.54, 1.807) is 13.3 Å². The van der Waals surface area contributed by atoms with Gasteiger partial charge in [0, 0.05) is 24.8 Å². The molecule has 2 aromatic carbocycles. The number of carbonyl (C=O) groups excluding carboxylic acids is 1. The van der Waals surface area contributed by atoms with Crippen molar-refractivity contribution in [1.29, 1.82) is 0 Å². The topological polar surface area (TPSA) is 84.8 Å². The van der Waals surface area contributed by atoms with Crippen molar-refractivity contribution in [2.75, 3.05) is 7.11 Å². The summed E-state index contributed by atoms with van der Waals surface area (Å²) < 4.78 is 7.12. The van der Waals surface area contributed by atoms with E-state index < -0.39 is 6.04 Å². The van der Waals surface area contributed by atoms with Crippen molar-refractivity contribution in [2.45, 2.75) is 6.04 Å². The molecule has 0 saturated carbocycles. The zero-order valence-corrected chi connectivity index (χ0v) is 15.0. The zero-order chi connectivity index (χ0) is 18.8. The minimum atomic E-state index is -0.418. The van der Waals surface area contributed by atoms with Crippen molar-refractivity contribution in [1.82, 2.24) is 25.1 Å². The number of carbonyl (C=O) groups is 1. The number of aromatic nitrogens is 4. The number of ether oxygens (including phenoxy) is 1. The van der Waals surface area contributed by atoms with Crippen LogP contribution in [0.25, 0.3) is 10.9 Å². The molecule has 2 heterocycles. The molecule has 7 nitrogen and oxygen atoms in total. The third kappa shape index (κ3) is 3.15. The fourth-order valence-corrected chi connectivity index (χ4v) is 3.08. The Morgan fingerprint density at radius 2 is 1.96 bits per heavy atom. The van der Waals surface area contributed by atoms with Crippen LogP contribution in [0.5, 0.6) is 5.75 Å². The number of nitrogens with one attached hydrogen (secondary N) is 2. The smallest absolute Gasteiger partial charge is 0.273 e. The van der Waals surface area contributed by atoms with Crippen molar-refractivity contribution in [3.05, 3.63) is 78.0 Å². The molecule has 1 unspecified atom stereocenters. The summed E-state index contributed by atoms with van der Waals surface area (Å²) in [6.45, 7) is 0. The van der Waals surface area contributed by atoms with Crippen LogP contribution < -0.4 is 10.1 Å². The number of imidazole rings is 1. The maximum atomic E-state index is 13.0. The number of H-pyrrole nitrogens is 1. The van der Waals surface area contributed by atoms with E-state index in [2.05, 4.69) is 20.5 Å². The molecule has 0 aliphatic heterocycles. The lowest BCUT2D eigenvalue weighted by Gasteiger charge is -2.19. The first kappa shape index (κ1) is 16.8. The molecule has 2 aromatic heterocycles. The van der Waals surface area contributed by atoms with E-state index in [4.69, 9.17) is 4.74 Å². The van der Waals surface area contributed by atoms with Crippen molar-refractivity contribution in [3.63, 3.8) is 0 Å². The maximum Gasteiger partial charge on any atom is 0.273 e. The van der Waals surface area contributed by atoms with Gasteiger partial charge in [-0.25, -0.2) is 4.98 Å². The van der Waals surface area contributed by atoms with Gasteiger partial charge in [0.25, 0.3) is 5.91 Å². The molecule has 2 N–H and O–H groups in total. The fourth-order valence-electron chi connectivity index (χ4n) is 3.08. The van der Waals surface area contributed by atoms with Gasteiger partial charge in [0.05, 0.1) is 12.6 Å². The number of nitrogens with zero attached hydrogens (tertiary/aromatic N) is 3. The molecule has 4 aromatic rings. The Balaban J connectivity index is 1.70. The number of rotatable bonds is 5. The normalized spacial score (nSPS) is 12.1. The molecule has 0 aliphatic rings. The number of para-hydroxylation sites is 1. The second kappa shape index (κ2) is 6.95. The van der Waals surface area contributed by atoms with Crippen LogP contribution in [0.4, 0.5) is 0 Å². The largest absolute Gasteiger partial charge is 0.497 e. The molecule has 27 heavy (non-hydrogen) atoms. The summed E-state index contributed by atoms with van der Waals surface area (Å²) in [4.78, 5) is 17.4. The first-order valence-corrected chi connectivity index (χ1v) is 8.52. The van der Waals surface area contributed by atoms with Crippen molar-refractivity contribution in [2.24, 2.45) is 7.05 Å². The lowest BCUT2D eigenvalue weighted by Crippen LogP contribution is -2.31. The Bertz CT molecular complexity index is 1080. The molecule has 0 radical (unpaired) electrons. The summed E-state index contributed by atoms with van der Waals surface area (Å²) >= 11 is 0. The highest BCUT2D eigenvalue weighted by Gasteiger charge is 2.23. The third-order valence-corrected chi connectivity index (χ3v) is 4.53. The fraction of sp³-hybridized carbons (Fsp3) is 0.150. The van der Waals surface area contributed by atoms with Crippen LogP contribution in [0.2, 0.25) is 0 Å². The predicted octanol–water partition coefficient (Wildman–Crippen LogP) is 2.82. The molecule has 1 atom stereocenters. The molecular formula is C20H19N5O2. The molecule has 0 fully saturated rings. The Morgan fingerprint density at radius 1 is 1.19 bits per heavy atom. The molecule has 7 heteroatoms. The average Bonchev–Trinajstić information content (AvgIpc) is 3.32. The highest BCUT2D eigenvalue weighted by atomic mass is 16.5. The van der Waals surface area contributed by atoms with Gasteiger partial charge in [-0.05, 0) is 23.8 Å². The van der Waals surface area contributed by atoms with E-state index in [1.807, 2.05) is 66.3 Å². The Kier molecular flexibility index (Phi) is 4.33. The Labute approximate surface area is 156 Å². The van der Waals surface area contributed by atoms with Crippen LogP contribution in [0.1, 0.15) is 27.9 Å². The van der Waals surface area contributed by atoms with E-state index in [0.29, 0.717) is 5.69 Å². The number of fused-ring (bicyclic) bond motifs is 1. The van der Waals surface area contributed by atoms with Gasteiger partial charge in [0.2, 0.25) is 0 Å². The Hall–Kier alpha value is -3.61. The Morgan fingerprint density at radius 3 is 2.67 bits per heavy atom. The number of hydrogen-bond donors (Lipinski definition) is 2. The maximum absolute atomic E-state index is 13.0. The van der Waals surface area contributed by atoms with Gasteiger partial charge in [-0.15, -0.1) is 0 Å². The molecule has 1 amide bonds. The van der Waals surface area contributed by atoms with Gasteiger partial charge < -0.3 is 14.6 Å². The van der Waals surface area contributed by atoms with E-state index >= 15 is 0 Å². The standard InChI is InChI=1S/C20H19N5O2/c1-25-12-11-21-19(25)17(13-7-9-14(27-2)10-8-13)22-20(26)18-15-5-3-4-6-16(15)23-24-18/h3-12,17H,1-2H3,(H,22,26)(H,23,24). The minimum absolute atomic E-state index is 0.267. The van der Waals surface area contributed by atoms with Crippen LogP contribution >= 0.6 is 0 Å². The molecular weight excluding hydrogens is 342 g/mol. The zero-order valence-electron chi connectivity index (χ0n) is 15.0. The third-order valence-electron chi connectivity index (χ3n) is 4.53. The number of methoxy groups -OCH3 is 1. The van der Waals surface area contributed by atoms with E-state index in [9.17, 15) is 4.79 Å². The first-order chi connectivity index (χ1) is 13.2. The monoisotopic (exact) mass is 361 g/mol. The van der Waals surface area contributed by atoms with Crippen LogP contribution in [-0.2, 0) is 7.05 Å². The van der Waals surface area contributed by atoms with Crippen molar-refractivity contribution in [3.8, 4) is 5.75 Å². The van der Waals surface area contributed by atoms with Crippen LogP contribution in [0.15, 0.2) is 60.9 Å². The summed E-state index contributed by atoms with van der Waals surface area (Å²) in [6, 6.07) is 14.7. The van der Waals surface area contributed by atoms with Crippen molar-refractivity contribution >= 4 is 16.8 Å². The van der Waals surface area contributed by atoms with E-state index in [-0.39, 0.29) is 5.91 Å². The van der Waals surface area contributed by atoms with Gasteiger partial charge >= 0.3 is 0 Å². The molecule has 0 saturated heterocycles. The highest BCUT2D eigenvalue weighted by Crippen LogP contribution is 2.24. The molecule has 0 bridgehead atoms. The van der Waals surface area contributed by atoms with E-state index in [1.165, 1.54) is 0 Å². The highest BCUT2D eigenvalue weighted by molar-refractivity contribution is 6.04. The van der Waals surface area contributed by atoms with Gasteiger partial charge in [-0.3, -0.25) is 9.89 Å². The molecule has 4 rings (SSSR count). The number of aromatic amines is 1. The average molecular weight is 361 g/mol.